The molecule has 2 amide bonds. The lowest BCUT2D eigenvalue weighted by atomic mass is 9.97. The molecule has 29 heavy (non-hydrogen) atoms. The molecule has 0 radical (unpaired) electrons. The van der Waals surface area contributed by atoms with E-state index in [-0.39, 0.29) is 17.9 Å². The van der Waals surface area contributed by atoms with Gasteiger partial charge in [0.25, 0.3) is 5.91 Å². The van der Waals surface area contributed by atoms with Crippen LogP contribution in [0.4, 0.5) is 11.4 Å². The summed E-state index contributed by atoms with van der Waals surface area (Å²) in [5, 5.41) is 6.03. The molecule has 0 atom stereocenters. The van der Waals surface area contributed by atoms with Crippen molar-refractivity contribution in [1.29, 1.82) is 0 Å². The minimum absolute atomic E-state index is 0.0478. The molecular weight excluding hydrogens is 362 g/mol. The van der Waals surface area contributed by atoms with Crippen molar-refractivity contribution in [3.05, 3.63) is 23.8 Å². The number of anilines is 2. The highest BCUT2D eigenvalue weighted by molar-refractivity contribution is 6.02. The van der Waals surface area contributed by atoms with Gasteiger partial charge >= 0.3 is 0 Å². The molecule has 1 saturated heterocycles. The number of amides is 2. The summed E-state index contributed by atoms with van der Waals surface area (Å²) in [5.41, 5.74) is 2.34. The predicted octanol–water partition coefficient (Wildman–Crippen LogP) is 4.97. The Morgan fingerprint density at radius 2 is 1.79 bits per heavy atom. The highest BCUT2D eigenvalue weighted by atomic mass is 16.2. The second-order valence-electron chi connectivity index (χ2n) is 9.27. The molecule has 2 N–H and O–H groups in total. The van der Waals surface area contributed by atoms with E-state index in [1.54, 1.807) is 0 Å². The Balaban J connectivity index is 1.70. The van der Waals surface area contributed by atoms with Crippen molar-refractivity contribution >= 4 is 23.2 Å². The Morgan fingerprint density at radius 3 is 2.45 bits per heavy atom. The van der Waals surface area contributed by atoms with Crippen LogP contribution in [0.2, 0.25) is 0 Å². The molecule has 3 rings (SSSR count). The van der Waals surface area contributed by atoms with Crippen LogP contribution in [0.1, 0.15) is 82.5 Å². The Bertz CT molecular complexity index is 702. The van der Waals surface area contributed by atoms with Crippen molar-refractivity contribution in [1.82, 2.24) is 5.32 Å². The third-order valence-electron chi connectivity index (χ3n) is 6.32. The summed E-state index contributed by atoms with van der Waals surface area (Å²) in [6.07, 6.45) is 8.94. The van der Waals surface area contributed by atoms with E-state index < -0.39 is 0 Å². The van der Waals surface area contributed by atoms with Gasteiger partial charge in [-0.05, 0) is 63.1 Å². The van der Waals surface area contributed by atoms with Gasteiger partial charge < -0.3 is 15.5 Å². The first kappa shape index (κ1) is 21.7. The van der Waals surface area contributed by atoms with Gasteiger partial charge in [-0.25, -0.2) is 0 Å². The smallest absolute Gasteiger partial charge is 0.253 e. The summed E-state index contributed by atoms with van der Waals surface area (Å²) in [4.78, 5) is 27.6. The highest BCUT2D eigenvalue weighted by Gasteiger charge is 2.22. The molecule has 0 aromatic heterocycles. The molecule has 5 heteroatoms. The SMILES string of the molecule is CC1CCN(c2ccc(NC(=O)CCC3CCCC3)cc2C(=O)NC(C)C)CC1. The molecule has 0 unspecified atom stereocenters. The molecule has 2 aliphatic rings. The summed E-state index contributed by atoms with van der Waals surface area (Å²) in [6, 6.07) is 5.85. The molecule has 5 nitrogen and oxygen atoms in total. The van der Waals surface area contributed by atoms with E-state index in [4.69, 9.17) is 0 Å². The van der Waals surface area contributed by atoms with E-state index in [2.05, 4.69) is 22.5 Å². The van der Waals surface area contributed by atoms with Crippen LogP contribution in [0.15, 0.2) is 18.2 Å². The van der Waals surface area contributed by atoms with Gasteiger partial charge in [0.2, 0.25) is 5.91 Å². The molecule has 1 heterocycles. The predicted molar refractivity (Wildman–Crippen MR) is 119 cm³/mol. The van der Waals surface area contributed by atoms with Crippen molar-refractivity contribution in [2.75, 3.05) is 23.3 Å². The molecule has 1 aliphatic heterocycles. The fourth-order valence-corrected chi connectivity index (χ4v) is 4.52. The molecule has 0 spiro atoms. The third-order valence-corrected chi connectivity index (χ3v) is 6.32. The summed E-state index contributed by atoms with van der Waals surface area (Å²) in [5.74, 6) is 1.41. The molecular formula is C24H37N3O2. The fraction of sp³-hybridized carbons (Fsp3) is 0.667. The largest absolute Gasteiger partial charge is 0.371 e. The van der Waals surface area contributed by atoms with Gasteiger partial charge in [-0.15, -0.1) is 0 Å². The molecule has 2 fully saturated rings. The fourth-order valence-electron chi connectivity index (χ4n) is 4.52. The Kier molecular flexibility index (Phi) is 7.57. The number of benzene rings is 1. The van der Waals surface area contributed by atoms with Crippen molar-refractivity contribution in [2.24, 2.45) is 11.8 Å². The number of carbonyl (C=O) groups excluding carboxylic acids is 2. The minimum Gasteiger partial charge on any atom is -0.371 e. The van der Waals surface area contributed by atoms with Crippen molar-refractivity contribution in [3.8, 4) is 0 Å². The average molecular weight is 400 g/mol. The highest BCUT2D eigenvalue weighted by Crippen LogP contribution is 2.30. The standard InChI is InChI=1S/C24H37N3O2/c1-17(2)25-24(29)21-16-20(26-23(28)11-8-19-6-4-5-7-19)9-10-22(21)27-14-12-18(3)13-15-27/h9-10,16-19H,4-8,11-15H2,1-3H3,(H,25,29)(H,26,28). The first-order valence-corrected chi connectivity index (χ1v) is 11.4. The van der Waals surface area contributed by atoms with Gasteiger partial charge in [0.1, 0.15) is 0 Å². The Morgan fingerprint density at radius 1 is 1.10 bits per heavy atom. The normalized spacial score (nSPS) is 18.3. The maximum Gasteiger partial charge on any atom is 0.253 e. The van der Waals surface area contributed by atoms with E-state index in [1.807, 2.05) is 32.0 Å². The molecule has 1 aromatic rings. The van der Waals surface area contributed by atoms with Crippen LogP contribution in [0.25, 0.3) is 0 Å². The summed E-state index contributed by atoms with van der Waals surface area (Å²) in [7, 11) is 0. The van der Waals surface area contributed by atoms with Crippen LogP contribution in [0.3, 0.4) is 0 Å². The van der Waals surface area contributed by atoms with Gasteiger partial charge in [0.05, 0.1) is 5.56 Å². The van der Waals surface area contributed by atoms with Crippen LogP contribution >= 0.6 is 0 Å². The number of nitrogens with one attached hydrogen (secondary N) is 2. The summed E-state index contributed by atoms with van der Waals surface area (Å²) in [6.45, 7) is 8.16. The number of piperidine rings is 1. The number of carbonyl (C=O) groups is 2. The van der Waals surface area contributed by atoms with Gasteiger partial charge in [0, 0.05) is 36.9 Å². The number of hydrogen-bond acceptors (Lipinski definition) is 3. The van der Waals surface area contributed by atoms with Crippen LogP contribution in [-0.4, -0.2) is 30.9 Å². The van der Waals surface area contributed by atoms with Gasteiger partial charge in [-0.1, -0.05) is 32.6 Å². The monoisotopic (exact) mass is 399 g/mol. The van der Waals surface area contributed by atoms with Crippen LogP contribution < -0.4 is 15.5 Å². The maximum absolute atomic E-state index is 12.9. The van der Waals surface area contributed by atoms with Crippen LogP contribution in [0, 0.1) is 11.8 Å². The van der Waals surface area contributed by atoms with Crippen molar-refractivity contribution < 1.29 is 9.59 Å². The van der Waals surface area contributed by atoms with E-state index in [9.17, 15) is 9.59 Å². The zero-order valence-electron chi connectivity index (χ0n) is 18.3. The van der Waals surface area contributed by atoms with E-state index >= 15 is 0 Å². The summed E-state index contributed by atoms with van der Waals surface area (Å²) < 4.78 is 0. The molecule has 1 saturated carbocycles. The van der Waals surface area contributed by atoms with E-state index in [0.717, 1.165) is 44.0 Å². The van der Waals surface area contributed by atoms with Crippen molar-refractivity contribution in [2.45, 2.75) is 78.2 Å². The van der Waals surface area contributed by atoms with Crippen LogP contribution in [0.5, 0.6) is 0 Å². The lowest BCUT2D eigenvalue weighted by Crippen LogP contribution is -2.36. The third kappa shape index (κ3) is 6.22. The quantitative estimate of drug-likeness (QED) is 0.680. The van der Waals surface area contributed by atoms with E-state index in [1.165, 1.54) is 25.7 Å². The zero-order valence-corrected chi connectivity index (χ0v) is 18.3. The summed E-state index contributed by atoms with van der Waals surface area (Å²) >= 11 is 0. The second kappa shape index (κ2) is 10.1. The van der Waals surface area contributed by atoms with Crippen molar-refractivity contribution in [3.63, 3.8) is 0 Å². The van der Waals surface area contributed by atoms with Gasteiger partial charge in [-0.2, -0.15) is 0 Å². The number of hydrogen-bond donors (Lipinski definition) is 2. The van der Waals surface area contributed by atoms with Crippen LogP contribution in [-0.2, 0) is 4.79 Å². The first-order valence-electron chi connectivity index (χ1n) is 11.4. The number of rotatable bonds is 7. The van der Waals surface area contributed by atoms with Gasteiger partial charge in [0.15, 0.2) is 0 Å². The molecule has 1 aliphatic carbocycles. The lowest BCUT2D eigenvalue weighted by Gasteiger charge is -2.33. The van der Waals surface area contributed by atoms with E-state index in [0.29, 0.717) is 23.6 Å². The zero-order chi connectivity index (χ0) is 20.8. The number of nitrogens with zero attached hydrogens (tertiary/aromatic N) is 1. The second-order valence-corrected chi connectivity index (χ2v) is 9.27. The molecule has 160 valence electrons. The minimum atomic E-state index is -0.0734. The average Bonchev–Trinajstić information content (AvgIpc) is 3.20. The maximum atomic E-state index is 12.9. The first-order chi connectivity index (χ1) is 13.9. The Labute approximate surface area is 175 Å². The topological polar surface area (TPSA) is 61.4 Å². The molecule has 0 bridgehead atoms. The van der Waals surface area contributed by atoms with Gasteiger partial charge in [-0.3, -0.25) is 9.59 Å². The Hall–Kier alpha value is -2.04. The lowest BCUT2D eigenvalue weighted by molar-refractivity contribution is -0.116. The molecule has 1 aromatic carbocycles.